The van der Waals surface area contributed by atoms with Gasteiger partial charge in [-0.15, -0.1) is 6.42 Å². The first-order chi connectivity index (χ1) is 28.4. The van der Waals surface area contributed by atoms with Gasteiger partial charge in [-0.1, -0.05) is 66.1 Å². The van der Waals surface area contributed by atoms with E-state index in [0.717, 1.165) is 50.1 Å². The highest BCUT2D eigenvalue weighted by molar-refractivity contribution is 6.32. The van der Waals surface area contributed by atoms with E-state index in [2.05, 4.69) is 89.2 Å². The van der Waals surface area contributed by atoms with Crippen molar-refractivity contribution in [3.8, 4) is 52.2 Å². The molecule has 1 unspecified atom stereocenters. The molecular formula is C47H46ClN5O6. The highest BCUT2D eigenvalue weighted by atomic mass is 35.5. The van der Waals surface area contributed by atoms with E-state index in [-0.39, 0.29) is 44.7 Å². The van der Waals surface area contributed by atoms with Crippen molar-refractivity contribution in [1.82, 2.24) is 20.9 Å². The molecule has 1 aliphatic rings. The number of carbonyl (C=O) groups excluding carboxylic acids is 1. The number of aromatic nitrogens is 1. The lowest BCUT2D eigenvalue weighted by atomic mass is 9.85. The molecule has 11 nitrogen and oxygen atoms in total. The van der Waals surface area contributed by atoms with Crippen LogP contribution in [0.4, 0.5) is 4.79 Å². The molecule has 2 atom stereocenters. The van der Waals surface area contributed by atoms with E-state index in [4.69, 9.17) is 27.5 Å². The lowest BCUT2D eigenvalue weighted by molar-refractivity contribution is -0.150. The van der Waals surface area contributed by atoms with E-state index in [1.54, 1.807) is 24.4 Å². The standard InChI is InChI=1S/C47H46ClN5O6/c1-5-16-52-46(57)53-42-25-51-24-36-18-33(12-13-40(36)42)37-9-7-11-39(30(37)3)38-10-6-8-35(29(38)2)27-59-44-20-43(58-26-32-17-31(21-49)22-50-23-32)34(19-41(44)48)14-15-47(4,28-54)45(55)56/h1,6-13,17-20,22-23,42,51,54H,14-16,24-28H2,2-4H3,(H,55,56)(H2,52,53,57)/t42?,47-/m0/s1. The third kappa shape index (κ3) is 9.85. The molecular weight excluding hydrogens is 766 g/mol. The summed E-state index contributed by atoms with van der Waals surface area (Å²) < 4.78 is 12.6. The predicted molar refractivity (Wildman–Crippen MR) is 227 cm³/mol. The molecule has 0 saturated heterocycles. The number of ether oxygens (including phenoxy) is 2. The van der Waals surface area contributed by atoms with E-state index < -0.39 is 18.0 Å². The lowest BCUT2D eigenvalue weighted by Crippen LogP contribution is -2.44. The second-order valence-electron chi connectivity index (χ2n) is 14.9. The number of urea groups is 1. The van der Waals surface area contributed by atoms with Gasteiger partial charge in [-0.05, 0) is 107 Å². The zero-order valence-corrected chi connectivity index (χ0v) is 34.0. The summed E-state index contributed by atoms with van der Waals surface area (Å²) in [6.45, 7) is 6.94. The Morgan fingerprint density at radius 2 is 1.73 bits per heavy atom. The summed E-state index contributed by atoms with van der Waals surface area (Å²) in [4.78, 5) is 28.4. The van der Waals surface area contributed by atoms with Crippen LogP contribution in [0.25, 0.3) is 22.3 Å². The number of hydrogen-bond donors (Lipinski definition) is 5. The van der Waals surface area contributed by atoms with Crippen LogP contribution in [0.3, 0.4) is 0 Å². The molecule has 4 aromatic carbocycles. The van der Waals surface area contributed by atoms with Gasteiger partial charge in [0.15, 0.2) is 0 Å². The number of aliphatic carboxylic acids is 1. The minimum Gasteiger partial charge on any atom is -0.488 e. The third-order valence-electron chi connectivity index (χ3n) is 10.8. The predicted octanol–water partition coefficient (Wildman–Crippen LogP) is 7.81. The number of benzene rings is 4. The zero-order chi connectivity index (χ0) is 42.1. The Bertz CT molecular complexity index is 2460. The quantitative estimate of drug-likeness (QED) is 0.0663. The minimum absolute atomic E-state index is 0.0961. The third-order valence-corrected chi connectivity index (χ3v) is 11.1. The van der Waals surface area contributed by atoms with E-state index >= 15 is 0 Å². The number of nitriles is 1. The van der Waals surface area contributed by atoms with Gasteiger partial charge in [0.2, 0.25) is 0 Å². The maximum Gasteiger partial charge on any atom is 0.316 e. The van der Waals surface area contributed by atoms with Crippen LogP contribution < -0.4 is 25.4 Å². The fourth-order valence-corrected chi connectivity index (χ4v) is 7.43. The molecule has 0 aliphatic carbocycles. The van der Waals surface area contributed by atoms with E-state index in [0.29, 0.717) is 46.3 Å². The number of fused-ring (bicyclic) bond motifs is 1. The molecule has 2 amide bonds. The monoisotopic (exact) mass is 811 g/mol. The largest absolute Gasteiger partial charge is 0.488 e. The summed E-state index contributed by atoms with van der Waals surface area (Å²) in [6.07, 6.45) is 8.78. The van der Waals surface area contributed by atoms with Crippen molar-refractivity contribution in [2.75, 3.05) is 19.7 Å². The maximum absolute atomic E-state index is 12.4. The van der Waals surface area contributed by atoms with Gasteiger partial charge in [-0.2, -0.15) is 5.26 Å². The molecule has 5 N–H and O–H groups in total. The molecule has 0 radical (unpaired) electrons. The summed E-state index contributed by atoms with van der Waals surface area (Å²) in [5.41, 5.74) is 10.0. The molecule has 302 valence electrons. The summed E-state index contributed by atoms with van der Waals surface area (Å²) in [5.74, 6) is 2.14. The number of carboxylic acid groups (broad SMARTS) is 1. The van der Waals surface area contributed by atoms with Crippen molar-refractivity contribution < 1.29 is 29.3 Å². The SMILES string of the molecule is C#CCNC(=O)NC1CNCc2cc(-c3cccc(-c4cccc(COc5cc(OCc6cncc(C#N)c6)c(CC[C@@](C)(CO)C(=O)O)cc5Cl)c4C)c3C)ccc21. The summed E-state index contributed by atoms with van der Waals surface area (Å²) in [7, 11) is 0. The van der Waals surface area contributed by atoms with E-state index in [1.807, 2.05) is 12.1 Å². The van der Waals surface area contributed by atoms with Crippen LogP contribution >= 0.6 is 11.6 Å². The Kier molecular flexibility index (Phi) is 13.5. The van der Waals surface area contributed by atoms with Crippen molar-refractivity contribution in [3.05, 3.63) is 135 Å². The average molecular weight is 812 g/mol. The van der Waals surface area contributed by atoms with Crippen LogP contribution in [0.15, 0.2) is 85.2 Å². The normalized spacial score (nSPS) is 14.2. The summed E-state index contributed by atoms with van der Waals surface area (Å²) in [5, 5.41) is 38.4. The van der Waals surface area contributed by atoms with Gasteiger partial charge in [0.25, 0.3) is 0 Å². The number of pyridine rings is 1. The molecule has 1 aromatic heterocycles. The highest BCUT2D eigenvalue weighted by Gasteiger charge is 2.32. The molecule has 59 heavy (non-hydrogen) atoms. The van der Waals surface area contributed by atoms with Crippen LogP contribution in [-0.2, 0) is 31.0 Å². The zero-order valence-electron chi connectivity index (χ0n) is 33.2. The number of aliphatic hydroxyl groups is 1. The number of halogens is 1. The number of aryl methyl sites for hydroxylation is 1. The highest BCUT2D eigenvalue weighted by Crippen LogP contribution is 2.39. The number of nitrogens with one attached hydrogen (secondary N) is 3. The first-order valence-electron chi connectivity index (χ1n) is 19.2. The lowest BCUT2D eigenvalue weighted by Gasteiger charge is -2.28. The van der Waals surface area contributed by atoms with Crippen molar-refractivity contribution in [2.24, 2.45) is 5.41 Å². The minimum atomic E-state index is -1.35. The van der Waals surface area contributed by atoms with Gasteiger partial charge in [0.05, 0.1) is 35.2 Å². The van der Waals surface area contributed by atoms with Gasteiger partial charge >= 0.3 is 12.0 Å². The molecule has 6 rings (SSSR count). The molecule has 1 aliphatic heterocycles. The number of hydrogen-bond acceptors (Lipinski definition) is 8. The van der Waals surface area contributed by atoms with Crippen molar-refractivity contribution in [3.63, 3.8) is 0 Å². The molecule has 0 fully saturated rings. The summed E-state index contributed by atoms with van der Waals surface area (Å²) >= 11 is 6.80. The molecule has 0 saturated carbocycles. The Balaban J connectivity index is 1.24. The van der Waals surface area contributed by atoms with Crippen molar-refractivity contribution >= 4 is 23.6 Å². The van der Waals surface area contributed by atoms with Crippen LogP contribution in [-0.4, -0.2) is 46.9 Å². The Hall–Kier alpha value is -6.37. The fraction of sp³-hybridized carbons (Fsp3) is 0.277. The molecule has 0 bridgehead atoms. The van der Waals surface area contributed by atoms with Crippen LogP contribution in [0.2, 0.25) is 5.02 Å². The van der Waals surface area contributed by atoms with E-state index in [9.17, 15) is 25.1 Å². The molecule has 12 heteroatoms. The Morgan fingerprint density at radius 3 is 2.47 bits per heavy atom. The van der Waals surface area contributed by atoms with Crippen molar-refractivity contribution in [2.45, 2.75) is 59.4 Å². The number of carbonyl (C=O) groups is 2. The average Bonchev–Trinajstić information content (AvgIpc) is 3.24. The number of aliphatic hydroxyl groups excluding tert-OH is 1. The molecule has 0 spiro atoms. The van der Waals surface area contributed by atoms with Crippen LogP contribution in [0.1, 0.15) is 63.9 Å². The van der Waals surface area contributed by atoms with Gasteiger partial charge in [0.1, 0.15) is 30.8 Å². The maximum atomic E-state index is 12.4. The van der Waals surface area contributed by atoms with Crippen LogP contribution in [0.5, 0.6) is 11.5 Å². The number of terminal acetylenes is 1. The van der Waals surface area contributed by atoms with Crippen molar-refractivity contribution in [1.29, 1.82) is 5.26 Å². The number of nitrogens with zero attached hydrogens (tertiary/aromatic N) is 2. The Morgan fingerprint density at radius 1 is 0.983 bits per heavy atom. The first kappa shape index (κ1) is 42.2. The van der Waals surface area contributed by atoms with Crippen LogP contribution in [0, 0.1) is 42.9 Å². The van der Waals surface area contributed by atoms with Gasteiger partial charge in [-0.3, -0.25) is 9.78 Å². The number of rotatable bonds is 15. The topological polar surface area (TPSA) is 166 Å². The molecule has 5 aromatic rings. The smallest absolute Gasteiger partial charge is 0.316 e. The van der Waals surface area contributed by atoms with Gasteiger partial charge < -0.3 is 35.6 Å². The van der Waals surface area contributed by atoms with Gasteiger partial charge in [-0.25, -0.2) is 4.79 Å². The number of carboxylic acids is 1. The first-order valence-corrected chi connectivity index (χ1v) is 19.6. The second-order valence-corrected chi connectivity index (χ2v) is 15.3. The number of amides is 2. The van der Waals surface area contributed by atoms with E-state index in [1.165, 1.54) is 13.1 Å². The fourth-order valence-electron chi connectivity index (χ4n) is 7.19. The second kappa shape index (κ2) is 18.9. The van der Waals surface area contributed by atoms with Gasteiger partial charge in [0, 0.05) is 37.1 Å². The molecule has 2 heterocycles. The summed E-state index contributed by atoms with van der Waals surface area (Å²) in [6, 6.07) is 25.5. The Labute approximate surface area is 349 Å².